The van der Waals surface area contributed by atoms with Gasteiger partial charge in [-0.15, -0.1) is 0 Å². The summed E-state index contributed by atoms with van der Waals surface area (Å²) in [6.45, 7) is 2.89. The lowest BCUT2D eigenvalue weighted by Crippen LogP contribution is -2.49. The van der Waals surface area contributed by atoms with Crippen LogP contribution in [-0.2, 0) is 14.4 Å². The molecule has 0 fully saturated rings. The van der Waals surface area contributed by atoms with E-state index in [1.54, 1.807) is 0 Å². The van der Waals surface area contributed by atoms with Gasteiger partial charge in [0.1, 0.15) is 5.41 Å². The van der Waals surface area contributed by atoms with Crippen molar-refractivity contribution in [2.75, 3.05) is 13.1 Å². The Bertz CT molecular complexity index is 392. The van der Waals surface area contributed by atoms with Gasteiger partial charge in [-0.1, -0.05) is 26.7 Å². The number of rotatable bonds is 9. The molecule has 112 valence electrons. The fraction of sp³-hybridized carbons (Fsp3) is 0.692. The van der Waals surface area contributed by atoms with Crippen molar-refractivity contribution < 1.29 is 14.4 Å². The summed E-state index contributed by atoms with van der Waals surface area (Å²) in [6.07, 6.45) is 2.01. The first-order valence-electron chi connectivity index (χ1n) is 6.60. The van der Waals surface area contributed by atoms with E-state index in [0.29, 0.717) is 25.7 Å². The number of carbonyl (C=O) groups is 3. The molecule has 0 atom stereocenters. The number of nitrogens with zero attached hydrogens (tertiary/aromatic N) is 2. The molecule has 0 aromatic heterocycles. The molecule has 0 rings (SSSR count). The molecule has 0 aromatic carbocycles. The van der Waals surface area contributed by atoms with E-state index in [0.717, 1.165) is 4.90 Å². The lowest BCUT2D eigenvalue weighted by Gasteiger charge is -2.31. The number of hydrogen-bond donors (Lipinski definition) is 2. The molecule has 0 spiro atoms. The zero-order chi connectivity index (χ0) is 15.8. The Morgan fingerprint density at radius 3 is 1.70 bits per heavy atom. The molecule has 0 aliphatic carbocycles. The van der Waals surface area contributed by atoms with Gasteiger partial charge in [0, 0.05) is 0 Å². The van der Waals surface area contributed by atoms with Crippen molar-refractivity contribution in [1.29, 1.82) is 5.26 Å². The van der Waals surface area contributed by atoms with E-state index in [9.17, 15) is 19.6 Å². The predicted octanol–water partition coefficient (Wildman–Crippen LogP) is -0.104. The van der Waals surface area contributed by atoms with Gasteiger partial charge in [-0.2, -0.15) is 5.26 Å². The van der Waals surface area contributed by atoms with Crippen LogP contribution in [0.4, 0.5) is 0 Å². The highest BCUT2D eigenvalue weighted by molar-refractivity contribution is 5.92. The molecule has 0 saturated heterocycles. The highest BCUT2D eigenvalue weighted by Crippen LogP contribution is 2.31. The van der Waals surface area contributed by atoms with Crippen LogP contribution in [0.15, 0.2) is 0 Å². The summed E-state index contributed by atoms with van der Waals surface area (Å²) in [5, 5.41) is 9.40. The van der Waals surface area contributed by atoms with Crippen molar-refractivity contribution in [1.82, 2.24) is 4.90 Å². The summed E-state index contributed by atoms with van der Waals surface area (Å²) in [5.74, 6) is -2.06. The quantitative estimate of drug-likeness (QED) is 0.611. The van der Waals surface area contributed by atoms with Crippen molar-refractivity contribution in [3.05, 3.63) is 0 Å². The van der Waals surface area contributed by atoms with Crippen LogP contribution < -0.4 is 11.5 Å². The Labute approximate surface area is 118 Å². The van der Waals surface area contributed by atoms with Crippen molar-refractivity contribution in [3.8, 4) is 6.07 Å². The van der Waals surface area contributed by atoms with E-state index in [1.807, 2.05) is 19.9 Å². The summed E-state index contributed by atoms with van der Waals surface area (Å²) >= 11 is 0. The Morgan fingerprint density at radius 2 is 1.45 bits per heavy atom. The summed E-state index contributed by atoms with van der Waals surface area (Å²) in [7, 11) is 0. The fourth-order valence-corrected chi connectivity index (χ4v) is 2.23. The molecule has 20 heavy (non-hydrogen) atoms. The maximum Gasteiger partial charge on any atom is 0.243 e. The third kappa shape index (κ3) is 4.88. The van der Waals surface area contributed by atoms with Gasteiger partial charge in [-0.25, -0.2) is 0 Å². The van der Waals surface area contributed by atoms with Crippen LogP contribution in [0.5, 0.6) is 0 Å². The molecule has 0 bridgehead atoms. The van der Waals surface area contributed by atoms with Crippen LogP contribution in [0, 0.1) is 16.7 Å². The standard InChI is InChI=1S/C13H22N4O3/c1-3-5-13(9-14,6-4-2)12(20)17(7-10(15)18)8-11(16)19/h3-8H2,1-2H3,(H2,15,18)(H2,16,19). The minimum absolute atomic E-state index is 0.365. The van der Waals surface area contributed by atoms with Crippen LogP contribution in [0.25, 0.3) is 0 Å². The Kier molecular flexibility index (Phi) is 7.29. The summed E-state index contributed by atoms with van der Waals surface area (Å²) in [5.41, 5.74) is 8.92. The number of nitriles is 1. The number of hydrogen-bond acceptors (Lipinski definition) is 4. The van der Waals surface area contributed by atoms with E-state index >= 15 is 0 Å². The molecule has 0 radical (unpaired) electrons. The highest BCUT2D eigenvalue weighted by Gasteiger charge is 2.40. The Balaban J connectivity index is 5.38. The average molecular weight is 282 g/mol. The molecule has 0 aliphatic heterocycles. The maximum atomic E-state index is 12.5. The third-order valence-electron chi connectivity index (χ3n) is 2.96. The smallest absolute Gasteiger partial charge is 0.243 e. The zero-order valence-electron chi connectivity index (χ0n) is 12.0. The van der Waals surface area contributed by atoms with Crippen molar-refractivity contribution in [2.24, 2.45) is 16.9 Å². The second-order valence-electron chi connectivity index (χ2n) is 4.79. The van der Waals surface area contributed by atoms with Crippen LogP contribution in [0.2, 0.25) is 0 Å². The lowest BCUT2D eigenvalue weighted by atomic mass is 9.79. The number of nitrogens with two attached hydrogens (primary N) is 2. The molecule has 0 heterocycles. The molecule has 0 aromatic rings. The maximum absolute atomic E-state index is 12.5. The van der Waals surface area contributed by atoms with Gasteiger partial charge in [0.2, 0.25) is 17.7 Å². The van der Waals surface area contributed by atoms with Gasteiger partial charge >= 0.3 is 0 Å². The van der Waals surface area contributed by atoms with Gasteiger partial charge in [-0.3, -0.25) is 14.4 Å². The first-order chi connectivity index (χ1) is 9.32. The van der Waals surface area contributed by atoms with E-state index in [2.05, 4.69) is 0 Å². The molecule has 7 nitrogen and oxygen atoms in total. The summed E-state index contributed by atoms with van der Waals surface area (Å²) < 4.78 is 0. The van der Waals surface area contributed by atoms with Crippen molar-refractivity contribution in [2.45, 2.75) is 39.5 Å². The third-order valence-corrected chi connectivity index (χ3v) is 2.96. The number of primary amides is 2. The van der Waals surface area contributed by atoms with E-state index < -0.39 is 36.2 Å². The van der Waals surface area contributed by atoms with E-state index in [4.69, 9.17) is 11.5 Å². The molecular formula is C13H22N4O3. The largest absolute Gasteiger partial charge is 0.368 e. The molecule has 0 unspecified atom stereocenters. The first-order valence-corrected chi connectivity index (χ1v) is 6.60. The van der Waals surface area contributed by atoms with Gasteiger partial charge in [-0.05, 0) is 12.8 Å². The molecular weight excluding hydrogens is 260 g/mol. The van der Waals surface area contributed by atoms with Gasteiger partial charge in [0.05, 0.1) is 19.2 Å². The Hall–Kier alpha value is -2.10. The second kappa shape index (κ2) is 8.15. The topological polar surface area (TPSA) is 130 Å². The molecule has 0 aliphatic rings. The monoisotopic (exact) mass is 282 g/mol. The van der Waals surface area contributed by atoms with Crippen molar-refractivity contribution in [3.63, 3.8) is 0 Å². The molecule has 3 amide bonds. The van der Waals surface area contributed by atoms with E-state index in [1.165, 1.54) is 0 Å². The zero-order valence-corrected chi connectivity index (χ0v) is 12.0. The number of carbonyl (C=O) groups excluding carboxylic acids is 3. The molecule has 7 heteroatoms. The van der Waals surface area contributed by atoms with Crippen LogP contribution in [0.1, 0.15) is 39.5 Å². The van der Waals surface area contributed by atoms with Gasteiger partial charge in [0.15, 0.2) is 0 Å². The lowest BCUT2D eigenvalue weighted by molar-refractivity contribution is -0.144. The second-order valence-corrected chi connectivity index (χ2v) is 4.79. The minimum Gasteiger partial charge on any atom is -0.368 e. The van der Waals surface area contributed by atoms with Crippen molar-refractivity contribution >= 4 is 17.7 Å². The molecule has 4 N–H and O–H groups in total. The predicted molar refractivity (Wildman–Crippen MR) is 72.8 cm³/mol. The summed E-state index contributed by atoms with van der Waals surface area (Å²) in [4.78, 5) is 35.5. The van der Waals surface area contributed by atoms with Gasteiger partial charge in [0.25, 0.3) is 0 Å². The van der Waals surface area contributed by atoms with Crippen LogP contribution >= 0.6 is 0 Å². The normalized spacial score (nSPS) is 10.7. The van der Waals surface area contributed by atoms with Crippen LogP contribution in [-0.4, -0.2) is 35.7 Å². The minimum atomic E-state index is -1.23. The summed E-state index contributed by atoms with van der Waals surface area (Å²) in [6, 6.07) is 2.05. The SMILES string of the molecule is CCCC(C#N)(CCC)C(=O)N(CC(N)=O)CC(N)=O. The van der Waals surface area contributed by atoms with E-state index in [-0.39, 0.29) is 0 Å². The van der Waals surface area contributed by atoms with Gasteiger partial charge < -0.3 is 16.4 Å². The van der Waals surface area contributed by atoms with Crippen LogP contribution in [0.3, 0.4) is 0 Å². The number of amides is 3. The Morgan fingerprint density at radius 1 is 1.05 bits per heavy atom. The first kappa shape index (κ1) is 17.9. The molecule has 0 saturated carbocycles. The average Bonchev–Trinajstić information content (AvgIpc) is 2.35. The fourth-order valence-electron chi connectivity index (χ4n) is 2.23. The highest BCUT2D eigenvalue weighted by atomic mass is 16.2.